The van der Waals surface area contributed by atoms with Crippen LogP contribution in [0.15, 0.2) is 23.2 Å². The molecule has 0 aromatic carbocycles. The van der Waals surface area contributed by atoms with Crippen molar-refractivity contribution < 1.29 is 0 Å². The van der Waals surface area contributed by atoms with Crippen molar-refractivity contribution in [3.8, 4) is 6.07 Å². The Hall–Kier alpha value is -1.01. The van der Waals surface area contributed by atoms with Gasteiger partial charge in [0.1, 0.15) is 11.8 Å². The standard InChI is InChI=1S/C13H16N2S/c1-10-4-2-6-12(8-10)16-13-7-3-5-11(9-14)15-13/h3,5,7,10,12H,2,4,6,8H2,1H3. The minimum Gasteiger partial charge on any atom is -0.231 e. The third-order valence-electron chi connectivity index (χ3n) is 3.01. The van der Waals surface area contributed by atoms with E-state index in [0.717, 1.165) is 10.9 Å². The highest BCUT2D eigenvalue weighted by Crippen LogP contribution is 2.35. The Balaban J connectivity index is 2.00. The molecular weight excluding hydrogens is 216 g/mol. The summed E-state index contributed by atoms with van der Waals surface area (Å²) >= 11 is 1.84. The monoisotopic (exact) mass is 232 g/mol. The van der Waals surface area contributed by atoms with Crippen molar-refractivity contribution in [1.29, 1.82) is 5.26 Å². The van der Waals surface area contributed by atoms with Crippen molar-refractivity contribution in [1.82, 2.24) is 4.98 Å². The fourth-order valence-electron chi connectivity index (χ4n) is 2.20. The average molecular weight is 232 g/mol. The van der Waals surface area contributed by atoms with Crippen LogP contribution in [0.5, 0.6) is 0 Å². The van der Waals surface area contributed by atoms with Crippen LogP contribution in [0.2, 0.25) is 0 Å². The molecule has 3 heteroatoms. The van der Waals surface area contributed by atoms with Gasteiger partial charge in [-0.2, -0.15) is 5.26 Å². The number of thioether (sulfide) groups is 1. The number of hydrogen-bond donors (Lipinski definition) is 0. The quantitative estimate of drug-likeness (QED) is 0.781. The van der Waals surface area contributed by atoms with Crippen LogP contribution in [0.1, 0.15) is 38.3 Å². The van der Waals surface area contributed by atoms with Crippen LogP contribution in [-0.4, -0.2) is 10.2 Å². The largest absolute Gasteiger partial charge is 0.231 e. The van der Waals surface area contributed by atoms with Gasteiger partial charge in [-0.25, -0.2) is 4.98 Å². The van der Waals surface area contributed by atoms with Crippen LogP contribution in [0.4, 0.5) is 0 Å². The summed E-state index contributed by atoms with van der Waals surface area (Å²) in [6.45, 7) is 2.33. The fourth-order valence-corrected chi connectivity index (χ4v) is 3.56. The van der Waals surface area contributed by atoms with Gasteiger partial charge in [0.15, 0.2) is 0 Å². The van der Waals surface area contributed by atoms with Crippen LogP contribution >= 0.6 is 11.8 Å². The Morgan fingerprint density at radius 1 is 1.44 bits per heavy atom. The van der Waals surface area contributed by atoms with E-state index in [1.807, 2.05) is 23.9 Å². The zero-order valence-corrected chi connectivity index (χ0v) is 10.3. The topological polar surface area (TPSA) is 36.7 Å². The van der Waals surface area contributed by atoms with Gasteiger partial charge in [-0.3, -0.25) is 0 Å². The van der Waals surface area contributed by atoms with Crippen LogP contribution in [-0.2, 0) is 0 Å². The molecule has 16 heavy (non-hydrogen) atoms. The molecule has 2 atom stereocenters. The second-order valence-electron chi connectivity index (χ2n) is 4.48. The molecule has 2 unspecified atom stereocenters. The predicted molar refractivity (Wildman–Crippen MR) is 66.2 cm³/mol. The number of nitriles is 1. The van der Waals surface area contributed by atoms with Gasteiger partial charge in [-0.15, -0.1) is 11.8 Å². The van der Waals surface area contributed by atoms with E-state index in [-0.39, 0.29) is 0 Å². The Morgan fingerprint density at radius 2 is 2.31 bits per heavy atom. The smallest absolute Gasteiger partial charge is 0.141 e. The summed E-state index contributed by atoms with van der Waals surface area (Å²) in [6.07, 6.45) is 5.26. The lowest BCUT2D eigenvalue weighted by atomic mass is 9.91. The van der Waals surface area contributed by atoms with Crippen LogP contribution in [0.3, 0.4) is 0 Å². The van der Waals surface area contributed by atoms with Gasteiger partial charge < -0.3 is 0 Å². The third kappa shape index (κ3) is 2.99. The molecule has 0 aliphatic heterocycles. The van der Waals surface area contributed by atoms with Gasteiger partial charge in [-0.05, 0) is 30.9 Å². The Kier molecular flexibility index (Phi) is 3.84. The number of pyridine rings is 1. The summed E-state index contributed by atoms with van der Waals surface area (Å²) in [5.74, 6) is 0.838. The lowest BCUT2D eigenvalue weighted by Gasteiger charge is -2.25. The van der Waals surface area contributed by atoms with Crippen molar-refractivity contribution in [3.63, 3.8) is 0 Å². The van der Waals surface area contributed by atoms with E-state index in [2.05, 4.69) is 18.0 Å². The highest BCUT2D eigenvalue weighted by Gasteiger charge is 2.20. The molecule has 2 nitrogen and oxygen atoms in total. The first kappa shape index (κ1) is 11.5. The summed E-state index contributed by atoms with van der Waals surface area (Å²) in [5, 5.41) is 10.5. The molecule has 84 valence electrons. The maximum Gasteiger partial charge on any atom is 0.141 e. The lowest BCUT2D eigenvalue weighted by molar-refractivity contribution is 0.394. The second kappa shape index (κ2) is 5.36. The van der Waals surface area contributed by atoms with Crippen molar-refractivity contribution in [3.05, 3.63) is 23.9 Å². The molecule has 0 bridgehead atoms. The van der Waals surface area contributed by atoms with E-state index in [1.54, 1.807) is 6.07 Å². The molecule has 1 aromatic heterocycles. The highest BCUT2D eigenvalue weighted by molar-refractivity contribution is 7.99. The summed E-state index contributed by atoms with van der Waals surface area (Å²) < 4.78 is 0. The van der Waals surface area contributed by atoms with Gasteiger partial charge in [0.2, 0.25) is 0 Å². The van der Waals surface area contributed by atoms with E-state index >= 15 is 0 Å². The summed E-state index contributed by atoms with van der Waals surface area (Å²) in [5.41, 5.74) is 0.522. The minimum atomic E-state index is 0.522. The second-order valence-corrected chi connectivity index (χ2v) is 5.81. The SMILES string of the molecule is CC1CCCC(Sc2cccc(C#N)n2)C1. The molecule has 1 fully saturated rings. The van der Waals surface area contributed by atoms with E-state index in [1.165, 1.54) is 25.7 Å². The Labute approximate surface area is 101 Å². The molecule has 0 radical (unpaired) electrons. The van der Waals surface area contributed by atoms with Crippen molar-refractivity contribution >= 4 is 11.8 Å². The Morgan fingerprint density at radius 3 is 3.06 bits per heavy atom. The third-order valence-corrected chi connectivity index (χ3v) is 4.24. The first-order valence-corrected chi connectivity index (χ1v) is 6.69. The van der Waals surface area contributed by atoms with Gasteiger partial charge in [-0.1, -0.05) is 25.8 Å². The maximum absolute atomic E-state index is 8.79. The van der Waals surface area contributed by atoms with E-state index in [9.17, 15) is 0 Å². The lowest BCUT2D eigenvalue weighted by Crippen LogP contribution is -2.15. The number of nitrogens with zero attached hydrogens (tertiary/aromatic N) is 2. The van der Waals surface area contributed by atoms with Crippen LogP contribution < -0.4 is 0 Å². The molecule has 1 aliphatic rings. The normalized spacial score (nSPS) is 25.0. The molecular formula is C13H16N2S. The average Bonchev–Trinajstić information content (AvgIpc) is 2.29. The number of aromatic nitrogens is 1. The molecule has 0 amide bonds. The van der Waals surface area contributed by atoms with Gasteiger partial charge in [0.05, 0.1) is 5.03 Å². The van der Waals surface area contributed by atoms with Crippen molar-refractivity contribution in [2.24, 2.45) is 5.92 Å². The number of hydrogen-bond acceptors (Lipinski definition) is 3. The zero-order chi connectivity index (χ0) is 11.4. The van der Waals surface area contributed by atoms with E-state index in [4.69, 9.17) is 5.26 Å². The molecule has 2 rings (SSSR count). The highest BCUT2D eigenvalue weighted by atomic mass is 32.2. The molecule has 0 N–H and O–H groups in total. The molecule has 1 saturated carbocycles. The summed E-state index contributed by atoms with van der Waals surface area (Å²) in [7, 11) is 0. The summed E-state index contributed by atoms with van der Waals surface area (Å²) in [4.78, 5) is 4.31. The van der Waals surface area contributed by atoms with Crippen LogP contribution in [0, 0.1) is 17.2 Å². The van der Waals surface area contributed by atoms with Crippen LogP contribution in [0.25, 0.3) is 0 Å². The van der Waals surface area contributed by atoms with Crippen molar-refractivity contribution in [2.75, 3.05) is 0 Å². The molecule has 0 saturated heterocycles. The molecule has 1 aromatic rings. The first-order chi connectivity index (χ1) is 7.78. The molecule has 0 spiro atoms. The molecule has 1 heterocycles. The fraction of sp³-hybridized carbons (Fsp3) is 0.538. The van der Waals surface area contributed by atoms with E-state index < -0.39 is 0 Å². The number of rotatable bonds is 2. The minimum absolute atomic E-state index is 0.522. The zero-order valence-electron chi connectivity index (χ0n) is 9.52. The Bertz CT molecular complexity index is 397. The van der Waals surface area contributed by atoms with Gasteiger partial charge >= 0.3 is 0 Å². The van der Waals surface area contributed by atoms with Gasteiger partial charge in [0, 0.05) is 5.25 Å². The van der Waals surface area contributed by atoms with E-state index in [0.29, 0.717) is 10.9 Å². The maximum atomic E-state index is 8.79. The first-order valence-electron chi connectivity index (χ1n) is 5.82. The molecule has 1 aliphatic carbocycles. The van der Waals surface area contributed by atoms with Gasteiger partial charge in [0.25, 0.3) is 0 Å². The summed E-state index contributed by atoms with van der Waals surface area (Å²) in [6, 6.07) is 7.77. The predicted octanol–water partition coefficient (Wildman–Crippen LogP) is 3.62. The van der Waals surface area contributed by atoms with Crippen molar-refractivity contribution in [2.45, 2.75) is 42.9 Å².